The number of hydrogen-bond donors (Lipinski definition) is 3. The Labute approximate surface area is 89.8 Å². The number of nitrogens with zero attached hydrogens (tertiary/aromatic N) is 1. The van der Waals surface area contributed by atoms with Crippen LogP contribution in [-0.4, -0.2) is 31.1 Å². The van der Waals surface area contributed by atoms with Gasteiger partial charge in [-0.25, -0.2) is 0 Å². The largest absolute Gasteiger partial charge is 0.465 e. The molecule has 0 aromatic carbocycles. The van der Waals surface area contributed by atoms with Crippen molar-refractivity contribution in [2.45, 2.75) is 26.3 Å². The van der Waals surface area contributed by atoms with Gasteiger partial charge in [-0.2, -0.15) is 0 Å². The lowest BCUT2D eigenvalue weighted by molar-refractivity contribution is -0.145. The number of guanidine groups is 1. The first-order valence-electron chi connectivity index (χ1n) is 4.95. The number of esters is 1. The summed E-state index contributed by atoms with van der Waals surface area (Å²) in [4.78, 5) is 15.0. The summed E-state index contributed by atoms with van der Waals surface area (Å²) in [5.41, 5.74) is 16.0. The van der Waals surface area contributed by atoms with Gasteiger partial charge in [0, 0.05) is 6.54 Å². The van der Waals surface area contributed by atoms with Crippen LogP contribution in [0.3, 0.4) is 0 Å². The zero-order chi connectivity index (χ0) is 11.8. The molecule has 0 amide bonds. The van der Waals surface area contributed by atoms with Gasteiger partial charge < -0.3 is 21.9 Å². The van der Waals surface area contributed by atoms with Crippen LogP contribution in [0.1, 0.15) is 20.3 Å². The molecular formula is C9H20N4O2. The molecule has 1 unspecified atom stereocenters. The molecule has 6 heteroatoms. The van der Waals surface area contributed by atoms with E-state index in [0.717, 1.165) is 0 Å². The van der Waals surface area contributed by atoms with Crippen molar-refractivity contribution in [2.75, 3.05) is 13.2 Å². The molecule has 0 heterocycles. The molecule has 0 aliphatic heterocycles. The number of rotatable bonds is 6. The van der Waals surface area contributed by atoms with Gasteiger partial charge in [0.25, 0.3) is 0 Å². The van der Waals surface area contributed by atoms with E-state index in [4.69, 9.17) is 21.9 Å². The van der Waals surface area contributed by atoms with Crippen LogP contribution in [0.5, 0.6) is 0 Å². The third-order valence-electron chi connectivity index (χ3n) is 1.83. The number of aliphatic imine (C=N–C) groups is 1. The Morgan fingerprint density at radius 3 is 2.53 bits per heavy atom. The average Bonchev–Trinajstić information content (AvgIpc) is 2.15. The van der Waals surface area contributed by atoms with Gasteiger partial charge in [0.15, 0.2) is 5.96 Å². The zero-order valence-corrected chi connectivity index (χ0v) is 9.27. The Balaban J connectivity index is 3.90. The van der Waals surface area contributed by atoms with Crippen molar-refractivity contribution in [3.63, 3.8) is 0 Å². The summed E-state index contributed by atoms with van der Waals surface area (Å²) in [6.07, 6.45) is 0.510. The summed E-state index contributed by atoms with van der Waals surface area (Å²) < 4.78 is 4.78. The maximum absolute atomic E-state index is 11.2. The molecule has 0 saturated heterocycles. The second-order valence-corrected chi connectivity index (χ2v) is 3.46. The van der Waals surface area contributed by atoms with Crippen LogP contribution in [-0.2, 0) is 9.53 Å². The first-order valence-corrected chi connectivity index (χ1v) is 4.95. The van der Waals surface area contributed by atoms with Gasteiger partial charge in [-0.05, 0) is 19.3 Å². The minimum atomic E-state index is -0.603. The monoisotopic (exact) mass is 216 g/mol. The molecule has 0 radical (unpaired) electrons. The molecule has 88 valence electrons. The smallest absolute Gasteiger partial charge is 0.322 e. The van der Waals surface area contributed by atoms with E-state index in [0.29, 0.717) is 19.6 Å². The van der Waals surface area contributed by atoms with Crippen LogP contribution in [0.15, 0.2) is 4.99 Å². The van der Waals surface area contributed by atoms with E-state index in [1.807, 2.05) is 6.92 Å². The highest BCUT2D eigenvalue weighted by molar-refractivity contribution is 5.76. The number of carbonyl (C=O) groups excluding carboxylic acids is 1. The van der Waals surface area contributed by atoms with Gasteiger partial charge in [0.05, 0.1) is 6.61 Å². The van der Waals surface area contributed by atoms with Crippen molar-refractivity contribution < 1.29 is 9.53 Å². The van der Waals surface area contributed by atoms with Crippen LogP contribution >= 0.6 is 0 Å². The zero-order valence-electron chi connectivity index (χ0n) is 9.27. The maximum Gasteiger partial charge on any atom is 0.322 e. The van der Waals surface area contributed by atoms with Gasteiger partial charge in [-0.15, -0.1) is 0 Å². The average molecular weight is 216 g/mol. The third kappa shape index (κ3) is 6.73. The Kier molecular flexibility index (Phi) is 6.44. The van der Waals surface area contributed by atoms with Crippen LogP contribution in [0.25, 0.3) is 0 Å². The molecule has 0 rings (SSSR count). The van der Waals surface area contributed by atoms with E-state index >= 15 is 0 Å². The highest BCUT2D eigenvalue weighted by atomic mass is 16.5. The molecule has 6 N–H and O–H groups in total. The minimum absolute atomic E-state index is 0.0477. The fourth-order valence-corrected chi connectivity index (χ4v) is 1.11. The number of ether oxygens (including phenoxy) is 1. The number of nitrogens with two attached hydrogens (primary N) is 3. The molecule has 0 saturated carbocycles. The molecule has 0 aliphatic rings. The summed E-state index contributed by atoms with van der Waals surface area (Å²) in [5.74, 6) is -0.188. The van der Waals surface area contributed by atoms with E-state index < -0.39 is 6.04 Å². The van der Waals surface area contributed by atoms with E-state index in [1.165, 1.54) is 0 Å². The summed E-state index contributed by atoms with van der Waals surface area (Å²) in [6, 6.07) is -0.603. The predicted molar refractivity (Wildman–Crippen MR) is 59.1 cm³/mol. The van der Waals surface area contributed by atoms with Crippen LogP contribution in [0.4, 0.5) is 0 Å². The topological polar surface area (TPSA) is 117 Å². The quantitative estimate of drug-likeness (QED) is 0.304. The fourth-order valence-electron chi connectivity index (χ4n) is 1.11. The molecule has 0 spiro atoms. The Morgan fingerprint density at radius 1 is 1.47 bits per heavy atom. The molecule has 0 fully saturated rings. The molecule has 0 aromatic rings. The minimum Gasteiger partial charge on any atom is -0.465 e. The number of hydrogen-bond acceptors (Lipinski definition) is 4. The summed E-state index contributed by atoms with van der Waals surface area (Å²) >= 11 is 0. The molecule has 6 nitrogen and oxygen atoms in total. The summed E-state index contributed by atoms with van der Waals surface area (Å²) in [7, 11) is 0. The van der Waals surface area contributed by atoms with Crippen molar-refractivity contribution in [1.82, 2.24) is 0 Å². The second kappa shape index (κ2) is 7.05. The van der Waals surface area contributed by atoms with E-state index in [2.05, 4.69) is 4.99 Å². The van der Waals surface area contributed by atoms with Crippen LogP contribution in [0, 0.1) is 5.92 Å². The lowest BCUT2D eigenvalue weighted by Gasteiger charge is -2.14. The van der Waals surface area contributed by atoms with Crippen molar-refractivity contribution in [3.8, 4) is 0 Å². The Hall–Kier alpha value is -1.30. The van der Waals surface area contributed by atoms with Crippen molar-refractivity contribution in [1.29, 1.82) is 0 Å². The molecule has 0 aromatic heterocycles. The Morgan fingerprint density at radius 2 is 2.07 bits per heavy atom. The van der Waals surface area contributed by atoms with Gasteiger partial charge in [-0.3, -0.25) is 9.79 Å². The summed E-state index contributed by atoms with van der Waals surface area (Å²) in [5, 5.41) is 0. The third-order valence-corrected chi connectivity index (χ3v) is 1.83. The van der Waals surface area contributed by atoms with Gasteiger partial charge in [0.1, 0.15) is 6.04 Å². The van der Waals surface area contributed by atoms with E-state index in [-0.39, 0.29) is 17.8 Å². The van der Waals surface area contributed by atoms with Crippen molar-refractivity contribution >= 4 is 11.9 Å². The standard InChI is InChI=1S/C9H20N4O2/c1-3-15-8(14)7(10)4-6(2)5-13-9(11)12/h6-7H,3-5,10H2,1-2H3,(H4,11,12,13)/t6?,7-/m0/s1. The van der Waals surface area contributed by atoms with E-state index in [1.54, 1.807) is 6.92 Å². The fraction of sp³-hybridized carbons (Fsp3) is 0.778. The molecule has 15 heavy (non-hydrogen) atoms. The van der Waals surface area contributed by atoms with E-state index in [9.17, 15) is 4.79 Å². The highest BCUT2D eigenvalue weighted by Gasteiger charge is 2.17. The Bertz CT molecular complexity index is 226. The molecule has 2 atom stereocenters. The van der Waals surface area contributed by atoms with Crippen LogP contribution in [0.2, 0.25) is 0 Å². The van der Waals surface area contributed by atoms with Gasteiger partial charge in [-0.1, -0.05) is 6.92 Å². The van der Waals surface area contributed by atoms with Gasteiger partial charge >= 0.3 is 5.97 Å². The molecular weight excluding hydrogens is 196 g/mol. The molecule has 0 aliphatic carbocycles. The highest BCUT2D eigenvalue weighted by Crippen LogP contribution is 2.06. The summed E-state index contributed by atoms with van der Waals surface area (Å²) in [6.45, 7) is 4.48. The maximum atomic E-state index is 11.2. The first kappa shape index (κ1) is 13.7. The lowest BCUT2D eigenvalue weighted by Crippen LogP contribution is -2.34. The lowest BCUT2D eigenvalue weighted by atomic mass is 10.0. The van der Waals surface area contributed by atoms with Gasteiger partial charge in [0.2, 0.25) is 0 Å². The SMILES string of the molecule is CCOC(=O)[C@@H](N)CC(C)CN=C(N)N. The van der Waals surface area contributed by atoms with Crippen molar-refractivity contribution in [2.24, 2.45) is 28.1 Å². The number of carbonyl (C=O) groups is 1. The van der Waals surface area contributed by atoms with Crippen LogP contribution < -0.4 is 17.2 Å². The van der Waals surface area contributed by atoms with Crippen molar-refractivity contribution in [3.05, 3.63) is 0 Å². The predicted octanol–water partition coefficient (Wildman–Crippen LogP) is -0.824. The first-order chi connectivity index (χ1) is 6.97. The normalized spacial score (nSPS) is 14.1. The molecule has 0 bridgehead atoms. The second-order valence-electron chi connectivity index (χ2n) is 3.46.